The van der Waals surface area contributed by atoms with E-state index in [1.807, 2.05) is 0 Å². The quantitative estimate of drug-likeness (QED) is 0.809. The minimum atomic E-state index is -0.148. The summed E-state index contributed by atoms with van der Waals surface area (Å²) in [6.45, 7) is 0. The van der Waals surface area contributed by atoms with Crippen molar-refractivity contribution < 1.29 is 9.32 Å². The van der Waals surface area contributed by atoms with E-state index in [9.17, 15) is 4.79 Å². The van der Waals surface area contributed by atoms with E-state index in [4.69, 9.17) is 4.52 Å². The molecular weight excluding hydrogens is 236 g/mol. The summed E-state index contributed by atoms with van der Waals surface area (Å²) in [6, 6.07) is 0. The van der Waals surface area contributed by atoms with Crippen LogP contribution in [0.5, 0.6) is 0 Å². The van der Waals surface area contributed by atoms with Crippen molar-refractivity contribution in [3.8, 4) is 0 Å². The molecule has 0 amide bonds. The smallest absolute Gasteiger partial charge is 0.238 e. The minimum Gasteiger partial charge on any atom is -0.339 e. The molecule has 1 aliphatic heterocycles. The average Bonchev–Trinajstić information content (AvgIpc) is 2.98. The summed E-state index contributed by atoms with van der Waals surface area (Å²) in [4.78, 5) is 16.1. The van der Waals surface area contributed by atoms with E-state index < -0.39 is 0 Å². The van der Waals surface area contributed by atoms with Crippen LogP contribution in [0.3, 0.4) is 0 Å². The zero-order chi connectivity index (χ0) is 11.7. The van der Waals surface area contributed by atoms with Gasteiger partial charge in [0.2, 0.25) is 5.89 Å². The summed E-state index contributed by atoms with van der Waals surface area (Å²) in [5.74, 6) is 3.28. The predicted molar refractivity (Wildman–Crippen MR) is 65.2 cm³/mol. The molecule has 0 bridgehead atoms. The molecule has 1 aromatic heterocycles. The highest BCUT2D eigenvalue weighted by atomic mass is 32.2. The molecule has 4 nitrogen and oxygen atoms in total. The lowest BCUT2D eigenvalue weighted by Crippen LogP contribution is -2.10. The van der Waals surface area contributed by atoms with Crippen molar-refractivity contribution in [2.45, 2.75) is 43.9 Å². The Hall–Kier alpha value is -0.840. The second-order valence-corrected chi connectivity index (χ2v) is 5.89. The molecule has 1 aromatic rings. The van der Waals surface area contributed by atoms with Crippen molar-refractivity contribution in [1.29, 1.82) is 0 Å². The van der Waals surface area contributed by atoms with Crippen LogP contribution in [-0.2, 0) is 4.79 Å². The van der Waals surface area contributed by atoms with E-state index in [0.29, 0.717) is 17.6 Å². The Morgan fingerprint density at radius 2 is 2.06 bits per heavy atom. The van der Waals surface area contributed by atoms with Gasteiger partial charge in [-0.05, 0) is 12.8 Å². The van der Waals surface area contributed by atoms with Gasteiger partial charge in [-0.2, -0.15) is 16.7 Å². The van der Waals surface area contributed by atoms with E-state index in [-0.39, 0.29) is 11.7 Å². The first kappa shape index (κ1) is 11.3. The maximum atomic E-state index is 11.6. The second-order valence-electron chi connectivity index (χ2n) is 4.86. The topological polar surface area (TPSA) is 56.0 Å². The van der Waals surface area contributed by atoms with Gasteiger partial charge in [-0.3, -0.25) is 4.79 Å². The molecule has 1 saturated carbocycles. The minimum absolute atomic E-state index is 0.148. The summed E-state index contributed by atoms with van der Waals surface area (Å²) >= 11 is 1.65. The lowest BCUT2D eigenvalue weighted by atomic mass is 9.89. The van der Waals surface area contributed by atoms with Gasteiger partial charge in [-0.25, -0.2) is 0 Å². The Morgan fingerprint density at radius 1 is 1.24 bits per heavy atom. The first-order chi connectivity index (χ1) is 8.34. The molecule has 0 radical (unpaired) electrons. The maximum Gasteiger partial charge on any atom is 0.238 e. The number of rotatable bonds is 2. The molecule has 0 aromatic carbocycles. The van der Waals surface area contributed by atoms with Gasteiger partial charge in [0.15, 0.2) is 11.6 Å². The summed E-state index contributed by atoms with van der Waals surface area (Å²) < 4.78 is 5.28. The molecule has 2 fully saturated rings. The lowest BCUT2D eigenvalue weighted by Gasteiger charge is -2.17. The van der Waals surface area contributed by atoms with Crippen molar-refractivity contribution in [2.75, 3.05) is 11.5 Å². The number of thioether (sulfide) groups is 1. The second kappa shape index (κ2) is 4.80. The van der Waals surface area contributed by atoms with Crippen molar-refractivity contribution in [2.24, 2.45) is 0 Å². The SMILES string of the molecule is O=C1CSCC1c1nc(C2CCCCC2)no1. The molecule has 2 heterocycles. The average molecular weight is 252 g/mol. The number of carbonyl (C=O) groups is 1. The number of ketones is 1. The number of hydrogen-bond donors (Lipinski definition) is 0. The molecule has 1 atom stereocenters. The number of carbonyl (C=O) groups excluding carboxylic acids is 1. The molecule has 92 valence electrons. The fraction of sp³-hybridized carbons (Fsp3) is 0.750. The van der Waals surface area contributed by atoms with Crippen molar-refractivity contribution in [3.63, 3.8) is 0 Å². The van der Waals surface area contributed by atoms with Gasteiger partial charge in [-0.15, -0.1) is 0 Å². The molecule has 1 saturated heterocycles. The van der Waals surface area contributed by atoms with Crippen LogP contribution in [0, 0.1) is 0 Å². The fourth-order valence-corrected chi connectivity index (χ4v) is 3.68. The Labute approximate surface area is 105 Å². The lowest BCUT2D eigenvalue weighted by molar-refractivity contribution is -0.117. The third-order valence-corrected chi connectivity index (χ3v) is 4.70. The van der Waals surface area contributed by atoms with Crippen LogP contribution in [0.15, 0.2) is 4.52 Å². The molecule has 5 heteroatoms. The maximum absolute atomic E-state index is 11.6. The van der Waals surface area contributed by atoms with Crippen LogP contribution in [0.2, 0.25) is 0 Å². The van der Waals surface area contributed by atoms with Gasteiger partial charge in [0.25, 0.3) is 0 Å². The Bertz CT molecular complexity index is 412. The van der Waals surface area contributed by atoms with Gasteiger partial charge in [0.05, 0.1) is 5.75 Å². The first-order valence-electron chi connectivity index (χ1n) is 6.28. The number of aromatic nitrogens is 2. The van der Waals surface area contributed by atoms with Gasteiger partial charge in [0, 0.05) is 11.7 Å². The molecule has 2 aliphatic rings. The van der Waals surface area contributed by atoms with Gasteiger partial charge >= 0.3 is 0 Å². The highest BCUT2D eigenvalue weighted by Crippen LogP contribution is 2.33. The molecule has 3 rings (SSSR count). The summed E-state index contributed by atoms with van der Waals surface area (Å²) in [7, 11) is 0. The van der Waals surface area contributed by atoms with Gasteiger partial charge in [-0.1, -0.05) is 24.4 Å². The molecule has 17 heavy (non-hydrogen) atoms. The number of nitrogens with zero attached hydrogens (tertiary/aromatic N) is 2. The van der Waals surface area contributed by atoms with E-state index >= 15 is 0 Å². The van der Waals surface area contributed by atoms with Crippen molar-refractivity contribution >= 4 is 17.5 Å². The Kier molecular flexibility index (Phi) is 3.18. The van der Waals surface area contributed by atoms with Crippen LogP contribution in [0.25, 0.3) is 0 Å². The van der Waals surface area contributed by atoms with Crippen molar-refractivity contribution in [1.82, 2.24) is 10.1 Å². The Balaban J connectivity index is 1.75. The molecule has 0 spiro atoms. The summed E-state index contributed by atoms with van der Waals surface area (Å²) in [5.41, 5.74) is 0. The Morgan fingerprint density at radius 3 is 2.76 bits per heavy atom. The third kappa shape index (κ3) is 2.25. The zero-order valence-corrected chi connectivity index (χ0v) is 10.5. The molecule has 1 unspecified atom stereocenters. The molecule has 0 N–H and O–H groups in total. The van der Waals surface area contributed by atoms with E-state index in [2.05, 4.69) is 10.1 Å². The van der Waals surface area contributed by atoms with Crippen LogP contribution < -0.4 is 0 Å². The van der Waals surface area contributed by atoms with Crippen LogP contribution in [0.1, 0.15) is 55.7 Å². The predicted octanol–water partition coefficient (Wildman–Crippen LogP) is 2.52. The first-order valence-corrected chi connectivity index (χ1v) is 7.44. The van der Waals surface area contributed by atoms with Gasteiger partial charge < -0.3 is 4.52 Å². The standard InChI is InChI=1S/C12H16N2O2S/c15-10-7-17-6-9(10)12-13-11(14-16-12)8-4-2-1-3-5-8/h8-9H,1-7H2. The van der Waals surface area contributed by atoms with Crippen molar-refractivity contribution in [3.05, 3.63) is 11.7 Å². The van der Waals surface area contributed by atoms with Crippen LogP contribution in [0.4, 0.5) is 0 Å². The molecule has 1 aliphatic carbocycles. The summed E-state index contributed by atoms with van der Waals surface area (Å²) in [5, 5.41) is 4.07. The van der Waals surface area contributed by atoms with E-state index in [1.165, 1.54) is 19.3 Å². The highest BCUT2D eigenvalue weighted by molar-refractivity contribution is 8.00. The van der Waals surface area contributed by atoms with Gasteiger partial charge in [0.1, 0.15) is 5.92 Å². The third-order valence-electron chi connectivity index (χ3n) is 3.64. The van der Waals surface area contributed by atoms with E-state index in [1.54, 1.807) is 11.8 Å². The number of hydrogen-bond acceptors (Lipinski definition) is 5. The van der Waals surface area contributed by atoms with E-state index in [0.717, 1.165) is 24.4 Å². The number of Topliss-reactive ketones (excluding diaryl/α,β-unsaturated/α-hetero) is 1. The monoisotopic (exact) mass is 252 g/mol. The molecular formula is C12H16N2O2S. The van der Waals surface area contributed by atoms with Crippen LogP contribution in [-0.4, -0.2) is 27.4 Å². The zero-order valence-electron chi connectivity index (χ0n) is 9.72. The highest BCUT2D eigenvalue weighted by Gasteiger charge is 2.32. The summed E-state index contributed by atoms with van der Waals surface area (Å²) in [6.07, 6.45) is 6.15. The normalized spacial score (nSPS) is 26.6. The fourth-order valence-electron chi connectivity index (χ4n) is 2.60. The largest absolute Gasteiger partial charge is 0.339 e. The van der Waals surface area contributed by atoms with Crippen LogP contribution >= 0.6 is 11.8 Å².